The molecule has 4 saturated carbocycles. The lowest BCUT2D eigenvalue weighted by Crippen LogP contribution is -2.52. The summed E-state index contributed by atoms with van der Waals surface area (Å²) in [5.74, 6) is 4.02. The van der Waals surface area contributed by atoms with Crippen molar-refractivity contribution in [3.8, 4) is 0 Å². The van der Waals surface area contributed by atoms with Gasteiger partial charge in [-0.2, -0.15) is 0 Å². The highest BCUT2D eigenvalue weighted by molar-refractivity contribution is 5.89. The second kappa shape index (κ2) is 6.09. The van der Waals surface area contributed by atoms with E-state index in [1.54, 1.807) is 0 Å². The van der Waals surface area contributed by atoms with Gasteiger partial charge in [0.15, 0.2) is 0 Å². The molecule has 0 aromatic carbocycles. The van der Waals surface area contributed by atoms with Crippen LogP contribution in [0.1, 0.15) is 71.6 Å². The number of aliphatic hydroxyl groups is 1. The molecule has 136 valence electrons. The van der Waals surface area contributed by atoms with Gasteiger partial charge in [0.2, 0.25) is 0 Å². The first-order valence-electron chi connectivity index (χ1n) is 10.3. The van der Waals surface area contributed by atoms with Crippen LogP contribution in [0.3, 0.4) is 0 Å². The van der Waals surface area contributed by atoms with Gasteiger partial charge < -0.3 is 15.3 Å². The highest BCUT2D eigenvalue weighted by Gasteiger charge is 2.56. The van der Waals surface area contributed by atoms with Gasteiger partial charge in [-0.15, -0.1) is 0 Å². The molecule has 3 nitrogen and oxygen atoms in total. The van der Waals surface area contributed by atoms with Gasteiger partial charge in [0.1, 0.15) is 0 Å². The fourth-order valence-electron chi connectivity index (χ4n) is 7.20. The molecule has 0 radical (unpaired) electrons. The molecule has 0 saturated heterocycles. The Morgan fingerprint density at radius 1 is 1.08 bits per heavy atom. The molecule has 0 unspecified atom stereocenters. The molecule has 0 aromatic rings. The minimum absolute atomic E-state index is 0.221. The zero-order valence-corrected chi connectivity index (χ0v) is 15.5. The Kier molecular flexibility index (Phi) is 4.32. The molecule has 4 fully saturated rings. The number of hydrogen-bond acceptors (Lipinski definition) is 3. The minimum Gasteiger partial charge on any atom is -0.387 e. The fraction of sp³-hybridized carbons (Fsp3) is 0.952. The van der Waals surface area contributed by atoms with E-state index in [2.05, 4.69) is 6.92 Å². The van der Waals surface area contributed by atoms with E-state index in [0.29, 0.717) is 19.1 Å². The van der Waals surface area contributed by atoms with Gasteiger partial charge in [-0.05, 0) is 94.3 Å². The standard InChI is InChI=1S/C21H35NO2/c1-3-24-13-21(23)11-9-15-14(12-21)4-5-17-16(15)8-10-20(2)18(17)6-7-19(20)22/h14-18,22-23H,3-13H2,1-2H3/t14-,15-,16+,17+,18-,20-,21+/m0/s1. The van der Waals surface area contributed by atoms with Crippen molar-refractivity contribution in [3.63, 3.8) is 0 Å². The lowest BCUT2D eigenvalue weighted by Gasteiger charge is -2.56. The van der Waals surface area contributed by atoms with Gasteiger partial charge in [-0.1, -0.05) is 6.92 Å². The first kappa shape index (κ1) is 17.0. The Bertz CT molecular complexity index is 506. The average molecular weight is 334 g/mol. The summed E-state index contributed by atoms with van der Waals surface area (Å²) in [7, 11) is 0. The smallest absolute Gasteiger partial charge is 0.0883 e. The number of hydrogen-bond donors (Lipinski definition) is 2. The SMILES string of the molecule is CCOC[C@@]1(O)CC[C@H]2[C@@H](CC[C@@H]3[C@@H]2CC[C@]2(C)C(=N)CC[C@@H]32)C1. The number of ether oxygens (including phenoxy) is 1. The topological polar surface area (TPSA) is 53.3 Å². The van der Waals surface area contributed by atoms with E-state index in [0.717, 1.165) is 48.6 Å². The Hall–Kier alpha value is -0.410. The van der Waals surface area contributed by atoms with Crippen LogP contribution in [0.2, 0.25) is 0 Å². The Labute approximate surface area is 147 Å². The summed E-state index contributed by atoms with van der Waals surface area (Å²) in [5.41, 5.74) is 0.698. The molecule has 3 heteroatoms. The van der Waals surface area contributed by atoms with Gasteiger partial charge in [0.25, 0.3) is 0 Å². The molecular formula is C21H35NO2. The highest BCUT2D eigenvalue weighted by atomic mass is 16.5. The maximum Gasteiger partial charge on any atom is 0.0883 e. The molecule has 0 heterocycles. The van der Waals surface area contributed by atoms with E-state index < -0.39 is 5.60 Å². The molecule has 0 amide bonds. The third-order valence-electron chi connectivity index (χ3n) is 8.46. The van der Waals surface area contributed by atoms with Crippen molar-refractivity contribution in [2.24, 2.45) is 35.0 Å². The van der Waals surface area contributed by atoms with Gasteiger partial charge in [0, 0.05) is 17.7 Å². The molecule has 4 rings (SSSR count). The molecule has 0 aliphatic heterocycles. The molecule has 4 aliphatic rings. The third-order valence-corrected chi connectivity index (χ3v) is 8.46. The van der Waals surface area contributed by atoms with Gasteiger partial charge in [-0.25, -0.2) is 0 Å². The van der Waals surface area contributed by atoms with Crippen LogP contribution >= 0.6 is 0 Å². The van der Waals surface area contributed by atoms with Crippen LogP contribution in [0.4, 0.5) is 0 Å². The van der Waals surface area contributed by atoms with Crippen molar-refractivity contribution < 1.29 is 9.84 Å². The van der Waals surface area contributed by atoms with Crippen LogP contribution in [-0.4, -0.2) is 29.6 Å². The second-order valence-electron chi connectivity index (χ2n) is 9.51. The molecular weight excluding hydrogens is 298 g/mol. The summed E-state index contributed by atoms with van der Waals surface area (Å²) in [6, 6.07) is 0. The summed E-state index contributed by atoms with van der Waals surface area (Å²) in [4.78, 5) is 0. The maximum absolute atomic E-state index is 10.9. The van der Waals surface area contributed by atoms with Crippen molar-refractivity contribution in [2.75, 3.05) is 13.2 Å². The molecule has 0 spiro atoms. The zero-order chi connectivity index (χ0) is 16.9. The molecule has 7 atom stereocenters. The van der Waals surface area contributed by atoms with Crippen LogP contribution < -0.4 is 0 Å². The monoisotopic (exact) mass is 333 g/mol. The summed E-state index contributed by atoms with van der Waals surface area (Å²) < 4.78 is 5.57. The Morgan fingerprint density at radius 3 is 2.67 bits per heavy atom. The van der Waals surface area contributed by atoms with E-state index in [1.165, 1.54) is 38.5 Å². The van der Waals surface area contributed by atoms with Gasteiger partial charge in [-0.3, -0.25) is 0 Å². The number of fused-ring (bicyclic) bond motifs is 5. The number of nitrogens with one attached hydrogen (secondary N) is 1. The van der Waals surface area contributed by atoms with Crippen molar-refractivity contribution in [3.05, 3.63) is 0 Å². The molecule has 4 aliphatic carbocycles. The normalized spacial score (nSPS) is 51.0. The Morgan fingerprint density at radius 2 is 1.88 bits per heavy atom. The average Bonchev–Trinajstić information content (AvgIpc) is 2.88. The highest BCUT2D eigenvalue weighted by Crippen LogP contribution is 2.61. The maximum atomic E-state index is 10.9. The van der Waals surface area contributed by atoms with Crippen LogP contribution in [0.15, 0.2) is 0 Å². The summed E-state index contributed by atoms with van der Waals surface area (Å²) in [6.45, 7) is 5.63. The van der Waals surface area contributed by atoms with Crippen molar-refractivity contribution >= 4 is 5.71 Å². The van der Waals surface area contributed by atoms with Crippen LogP contribution in [0.5, 0.6) is 0 Å². The second-order valence-corrected chi connectivity index (χ2v) is 9.51. The quantitative estimate of drug-likeness (QED) is 0.803. The predicted octanol–water partition coefficient (Wildman–Crippen LogP) is 4.43. The van der Waals surface area contributed by atoms with E-state index in [4.69, 9.17) is 10.1 Å². The molecule has 24 heavy (non-hydrogen) atoms. The lowest BCUT2D eigenvalue weighted by molar-refractivity contribution is -0.122. The van der Waals surface area contributed by atoms with E-state index in [-0.39, 0.29) is 5.41 Å². The number of rotatable bonds is 3. The molecule has 2 N–H and O–H groups in total. The van der Waals surface area contributed by atoms with E-state index in [9.17, 15) is 5.11 Å². The first-order valence-corrected chi connectivity index (χ1v) is 10.3. The van der Waals surface area contributed by atoms with Crippen LogP contribution in [0, 0.1) is 40.4 Å². The van der Waals surface area contributed by atoms with Gasteiger partial charge in [0.05, 0.1) is 12.2 Å². The van der Waals surface area contributed by atoms with E-state index >= 15 is 0 Å². The van der Waals surface area contributed by atoms with Crippen molar-refractivity contribution in [1.82, 2.24) is 0 Å². The largest absolute Gasteiger partial charge is 0.387 e. The summed E-state index contributed by atoms with van der Waals surface area (Å²) >= 11 is 0. The molecule has 0 aromatic heterocycles. The van der Waals surface area contributed by atoms with E-state index in [1.807, 2.05) is 6.92 Å². The lowest BCUT2D eigenvalue weighted by atomic mass is 9.49. The third kappa shape index (κ3) is 2.58. The zero-order valence-electron chi connectivity index (χ0n) is 15.5. The van der Waals surface area contributed by atoms with Gasteiger partial charge >= 0.3 is 0 Å². The summed E-state index contributed by atoms with van der Waals surface area (Å²) in [5, 5.41) is 19.3. The van der Waals surface area contributed by atoms with Crippen LogP contribution in [0.25, 0.3) is 0 Å². The van der Waals surface area contributed by atoms with Crippen LogP contribution in [-0.2, 0) is 4.74 Å². The minimum atomic E-state index is -0.567. The first-order chi connectivity index (χ1) is 11.5. The predicted molar refractivity (Wildman–Crippen MR) is 96.3 cm³/mol. The fourth-order valence-corrected chi connectivity index (χ4v) is 7.20. The summed E-state index contributed by atoms with van der Waals surface area (Å²) in [6.07, 6.45) is 10.6. The van der Waals surface area contributed by atoms with Crippen molar-refractivity contribution in [1.29, 1.82) is 5.41 Å². The molecule has 0 bridgehead atoms. The Balaban J connectivity index is 1.48. The van der Waals surface area contributed by atoms with Crippen molar-refractivity contribution in [2.45, 2.75) is 77.2 Å².